The third-order valence-electron chi connectivity index (χ3n) is 4.52. The van der Waals surface area contributed by atoms with Crippen molar-refractivity contribution < 1.29 is 0 Å². The van der Waals surface area contributed by atoms with E-state index in [-0.39, 0.29) is 0 Å². The third kappa shape index (κ3) is 4.06. The topological polar surface area (TPSA) is 33.1 Å². The Kier molecular flexibility index (Phi) is 5.61. The minimum absolute atomic E-state index is 0.578. The van der Waals surface area contributed by atoms with Gasteiger partial charge in [0.15, 0.2) is 0 Å². The number of likely N-dealkylation sites (tertiary alicyclic amines) is 1. The minimum Gasteiger partial charge on any atom is -0.310 e. The van der Waals surface area contributed by atoms with Gasteiger partial charge in [0.1, 0.15) is 0 Å². The summed E-state index contributed by atoms with van der Waals surface area (Å²) in [6, 6.07) is 0.578. The van der Waals surface area contributed by atoms with Gasteiger partial charge in [-0.1, -0.05) is 6.92 Å². The van der Waals surface area contributed by atoms with Gasteiger partial charge in [0, 0.05) is 37.9 Å². The lowest BCUT2D eigenvalue weighted by Gasteiger charge is -2.36. The average molecular weight is 278 g/mol. The lowest BCUT2D eigenvalue weighted by atomic mass is 9.91. The second kappa shape index (κ2) is 7.23. The van der Waals surface area contributed by atoms with Crippen molar-refractivity contribution in [3.63, 3.8) is 0 Å². The van der Waals surface area contributed by atoms with Crippen LogP contribution in [0.1, 0.15) is 44.4 Å². The normalized spacial score (nSPS) is 22.1. The fraction of sp³-hybridized carbons (Fsp3) is 0.812. The second-order valence-corrected chi connectivity index (χ2v) is 6.29. The summed E-state index contributed by atoms with van der Waals surface area (Å²) >= 11 is 0. The highest BCUT2D eigenvalue weighted by Gasteiger charge is 2.24. The molecule has 1 aliphatic heterocycles. The van der Waals surface area contributed by atoms with Crippen LogP contribution in [-0.4, -0.2) is 40.4 Å². The molecule has 0 spiro atoms. The van der Waals surface area contributed by atoms with E-state index in [2.05, 4.69) is 42.3 Å². The molecule has 2 heterocycles. The maximum atomic E-state index is 4.41. The third-order valence-corrected chi connectivity index (χ3v) is 4.52. The Morgan fingerprint density at radius 3 is 2.95 bits per heavy atom. The first-order valence-electron chi connectivity index (χ1n) is 8.05. The summed E-state index contributed by atoms with van der Waals surface area (Å²) in [5.41, 5.74) is 2.46. The van der Waals surface area contributed by atoms with Gasteiger partial charge in [-0.05, 0) is 52.1 Å². The summed E-state index contributed by atoms with van der Waals surface area (Å²) < 4.78 is 1.90. The van der Waals surface area contributed by atoms with E-state index < -0.39 is 0 Å². The molecule has 4 nitrogen and oxygen atoms in total. The highest BCUT2D eigenvalue weighted by atomic mass is 15.3. The van der Waals surface area contributed by atoms with E-state index in [9.17, 15) is 0 Å². The molecule has 2 atom stereocenters. The van der Waals surface area contributed by atoms with E-state index >= 15 is 0 Å². The number of nitrogens with one attached hydrogen (secondary N) is 1. The molecule has 1 saturated heterocycles. The number of aromatic nitrogens is 2. The molecule has 2 rings (SSSR count). The van der Waals surface area contributed by atoms with Gasteiger partial charge in [-0.2, -0.15) is 5.10 Å². The van der Waals surface area contributed by atoms with Crippen LogP contribution in [0, 0.1) is 12.8 Å². The molecule has 20 heavy (non-hydrogen) atoms. The van der Waals surface area contributed by atoms with Gasteiger partial charge in [-0.25, -0.2) is 0 Å². The van der Waals surface area contributed by atoms with Gasteiger partial charge >= 0.3 is 0 Å². The van der Waals surface area contributed by atoms with Crippen LogP contribution >= 0.6 is 0 Å². The quantitative estimate of drug-likeness (QED) is 0.867. The van der Waals surface area contributed by atoms with Gasteiger partial charge in [0.25, 0.3) is 0 Å². The van der Waals surface area contributed by atoms with Crippen molar-refractivity contribution in [1.29, 1.82) is 0 Å². The fourth-order valence-electron chi connectivity index (χ4n) is 3.28. The molecular weight excluding hydrogens is 248 g/mol. The maximum absolute atomic E-state index is 4.41. The highest BCUT2D eigenvalue weighted by molar-refractivity contribution is 5.14. The molecule has 0 radical (unpaired) electrons. The van der Waals surface area contributed by atoms with Crippen LogP contribution in [0.4, 0.5) is 0 Å². The summed E-state index contributed by atoms with van der Waals surface area (Å²) in [6.07, 6.45) is 6.10. The van der Waals surface area contributed by atoms with E-state index in [1.807, 2.05) is 11.7 Å². The van der Waals surface area contributed by atoms with Crippen LogP contribution in [0.15, 0.2) is 6.20 Å². The number of aryl methyl sites for hydroxylation is 2. The van der Waals surface area contributed by atoms with Gasteiger partial charge in [-0.3, -0.25) is 4.68 Å². The highest BCUT2D eigenvalue weighted by Crippen LogP contribution is 2.20. The summed E-state index contributed by atoms with van der Waals surface area (Å²) in [4.78, 5) is 2.63. The van der Waals surface area contributed by atoms with Crippen molar-refractivity contribution in [1.82, 2.24) is 20.0 Å². The molecule has 114 valence electrons. The van der Waals surface area contributed by atoms with Crippen LogP contribution in [-0.2, 0) is 13.6 Å². The lowest BCUT2D eigenvalue weighted by molar-refractivity contribution is 0.150. The van der Waals surface area contributed by atoms with Crippen molar-refractivity contribution in [2.45, 2.75) is 52.6 Å². The van der Waals surface area contributed by atoms with Crippen LogP contribution in [0.3, 0.4) is 0 Å². The fourth-order valence-corrected chi connectivity index (χ4v) is 3.28. The number of hydrogen-bond donors (Lipinski definition) is 1. The lowest BCUT2D eigenvalue weighted by Crippen LogP contribution is -2.44. The predicted molar refractivity (Wildman–Crippen MR) is 83.7 cm³/mol. The Hall–Kier alpha value is -0.870. The van der Waals surface area contributed by atoms with Crippen LogP contribution in [0.5, 0.6) is 0 Å². The second-order valence-electron chi connectivity index (χ2n) is 6.29. The van der Waals surface area contributed by atoms with Crippen LogP contribution in [0.2, 0.25) is 0 Å². The number of nitrogens with zero attached hydrogens (tertiary/aromatic N) is 3. The molecule has 0 saturated carbocycles. The number of rotatable bonds is 6. The van der Waals surface area contributed by atoms with E-state index in [0.29, 0.717) is 6.04 Å². The molecule has 0 aromatic carbocycles. The largest absolute Gasteiger partial charge is 0.310 e. The Morgan fingerprint density at radius 2 is 2.30 bits per heavy atom. The van der Waals surface area contributed by atoms with Gasteiger partial charge in [-0.15, -0.1) is 0 Å². The molecule has 1 aromatic rings. The Morgan fingerprint density at radius 1 is 1.50 bits per heavy atom. The predicted octanol–water partition coefficient (Wildman–Crippen LogP) is 2.33. The zero-order valence-electron chi connectivity index (χ0n) is 13.5. The Balaban J connectivity index is 1.82. The van der Waals surface area contributed by atoms with Crippen molar-refractivity contribution in [2.24, 2.45) is 13.0 Å². The maximum Gasteiger partial charge on any atom is 0.0638 e. The first-order chi connectivity index (χ1) is 9.60. The zero-order chi connectivity index (χ0) is 14.5. The van der Waals surface area contributed by atoms with E-state index in [1.54, 1.807) is 0 Å². The molecule has 2 unspecified atom stereocenters. The molecule has 4 heteroatoms. The SMILES string of the molecule is CCCN1CCCC(C(C)NCc2cn(C)nc2C)C1. The standard InChI is InChI=1S/C16H30N4/c1-5-8-20-9-6-7-15(12-20)13(2)17-10-16-11-19(4)18-14(16)3/h11,13,15,17H,5-10,12H2,1-4H3. The molecule has 1 fully saturated rings. The first-order valence-corrected chi connectivity index (χ1v) is 8.05. The molecular formula is C16H30N4. The van der Waals surface area contributed by atoms with E-state index in [1.165, 1.54) is 44.5 Å². The molecule has 1 aromatic heterocycles. The van der Waals surface area contributed by atoms with Crippen LogP contribution in [0.25, 0.3) is 0 Å². The average Bonchev–Trinajstić information content (AvgIpc) is 2.75. The molecule has 0 bridgehead atoms. The van der Waals surface area contributed by atoms with Gasteiger partial charge in [0.2, 0.25) is 0 Å². The van der Waals surface area contributed by atoms with E-state index in [4.69, 9.17) is 0 Å². The Labute approximate surface area is 123 Å². The Bertz CT molecular complexity index is 411. The molecule has 1 aliphatic rings. The van der Waals surface area contributed by atoms with Gasteiger partial charge in [0.05, 0.1) is 5.69 Å². The van der Waals surface area contributed by atoms with Gasteiger partial charge < -0.3 is 10.2 Å². The minimum atomic E-state index is 0.578. The summed E-state index contributed by atoms with van der Waals surface area (Å²) in [7, 11) is 1.99. The smallest absolute Gasteiger partial charge is 0.0638 e. The van der Waals surface area contributed by atoms with Crippen molar-refractivity contribution in [2.75, 3.05) is 19.6 Å². The number of piperidine rings is 1. The molecule has 0 aliphatic carbocycles. The summed E-state index contributed by atoms with van der Waals surface area (Å²) in [5, 5.41) is 8.11. The van der Waals surface area contributed by atoms with Crippen molar-refractivity contribution >= 4 is 0 Å². The summed E-state index contributed by atoms with van der Waals surface area (Å²) in [5.74, 6) is 0.785. The van der Waals surface area contributed by atoms with E-state index in [0.717, 1.165) is 18.2 Å². The molecule has 1 N–H and O–H groups in total. The number of hydrogen-bond acceptors (Lipinski definition) is 3. The molecule has 0 amide bonds. The van der Waals surface area contributed by atoms with Crippen molar-refractivity contribution in [3.05, 3.63) is 17.5 Å². The zero-order valence-corrected chi connectivity index (χ0v) is 13.5. The van der Waals surface area contributed by atoms with Crippen LogP contribution < -0.4 is 5.32 Å². The first kappa shape index (κ1) is 15.5. The monoisotopic (exact) mass is 278 g/mol. The van der Waals surface area contributed by atoms with Crippen molar-refractivity contribution in [3.8, 4) is 0 Å². The summed E-state index contributed by atoms with van der Waals surface area (Å²) in [6.45, 7) is 11.4.